The van der Waals surface area contributed by atoms with Gasteiger partial charge in [-0.3, -0.25) is 4.79 Å². The minimum Gasteiger partial charge on any atom is -0.465 e. The number of aliphatic hydroxyl groups is 2. The number of hydrogen-bond acceptors (Lipinski definition) is 8. The topological polar surface area (TPSA) is 119 Å². The van der Waals surface area contributed by atoms with Crippen molar-refractivity contribution in [3.8, 4) is 0 Å². The molecule has 0 amide bonds. The summed E-state index contributed by atoms with van der Waals surface area (Å²) in [6.45, 7) is 17.8. The van der Waals surface area contributed by atoms with Gasteiger partial charge >= 0.3 is 17.9 Å². The largest absolute Gasteiger partial charge is 0.465 e. The van der Waals surface area contributed by atoms with E-state index in [9.17, 15) is 14.4 Å². The fraction of sp³-hybridized carbons (Fsp3) is 0.708. The summed E-state index contributed by atoms with van der Waals surface area (Å²) in [5.41, 5.74) is -0.422. The third kappa shape index (κ3) is 16.5. The van der Waals surface area contributed by atoms with E-state index in [1.165, 1.54) is 0 Å². The molecule has 0 unspecified atom stereocenters. The molecule has 0 aliphatic heterocycles. The van der Waals surface area contributed by atoms with E-state index >= 15 is 0 Å². The van der Waals surface area contributed by atoms with Crippen molar-refractivity contribution in [3.05, 3.63) is 24.3 Å². The first-order valence-electron chi connectivity index (χ1n) is 10.7. The van der Waals surface area contributed by atoms with Crippen molar-refractivity contribution < 1.29 is 38.8 Å². The molecule has 8 nitrogen and oxygen atoms in total. The number of carbonyl (C=O) groups is 3. The number of esters is 3. The van der Waals surface area contributed by atoms with Crippen LogP contribution in [-0.2, 0) is 28.6 Å². The maximum atomic E-state index is 11.5. The van der Waals surface area contributed by atoms with Crippen molar-refractivity contribution >= 4 is 17.9 Å². The average molecular weight is 459 g/mol. The van der Waals surface area contributed by atoms with E-state index in [1.54, 1.807) is 27.7 Å². The third-order valence-electron chi connectivity index (χ3n) is 4.17. The normalized spacial score (nSPS) is 11.0. The number of rotatable bonds is 14. The minimum atomic E-state index is -0.837. The van der Waals surface area contributed by atoms with Crippen molar-refractivity contribution in [2.24, 2.45) is 10.8 Å². The summed E-state index contributed by atoms with van der Waals surface area (Å²) in [7, 11) is 0. The van der Waals surface area contributed by atoms with Crippen molar-refractivity contribution in [1.29, 1.82) is 0 Å². The lowest BCUT2D eigenvalue weighted by Crippen LogP contribution is -2.30. The van der Waals surface area contributed by atoms with Crippen LogP contribution in [-0.4, -0.2) is 61.2 Å². The molecule has 0 rings (SSSR count). The van der Waals surface area contributed by atoms with E-state index in [-0.39, 0.29) is 37.2 Å². The lowest BCUT2D eigenvalue weighted by atomic mass is 9.95. The standard InChI is InChI=1S/C15H26O5.C9H16O3/c1-12(2)13(17)19-9-7-5-6-8-10-20-14(18)15(3,4)11-16;1-7(2)8(11)12-6-9(3,4)5-10/h16H,1,5-11H2,2-4H3;10H,1,5-6H2,2-4H3. The number of hydrogen-bond donors (Lipinski definition) is 2. The van der Waals surface area contributed by atoms with E-state index < -0.39 is 11.4 Å². The predicted octanol–water partition coefficient (Wildman–Crippen LogP) is 3.35. The van der Waals surface area contributed by atoms with Crippen LogP contribution in [0.3, 0.4) is 0 Å². The van der Waals surface area contributed by atoms with Crippen molar-refractivity contribution in [2.75, 3.05) is 33.0 Å². The first kappa shape index (κ1) is 32.0. The van der Waals surface area contributed by atoms with Gasteiger partial charge in [-0.15, -0.1) is 0 Å². The van der Waals surface area contributed by atoms with Crippen molar-refractivity contribution in [3.63, 3.8) is 0 Å². The number of aliphatic hydroxyl groups excluding tert-OH is 2. The second-order valence-electron chi connectivity index (χ2n) is 9.19. The maximum absolute atomic E-state index is 11.5. The van der Waals surface area contributed by atoms with Crippen molar-refractivity contribution in [2.45, 2.75) is 67.2 Å². The van der Waals surface area contributed by atoms with Crippen LogP contribution in [0.1, 0.15) is 67.2 Å². The summed E-state index contributed by atoms with van der Waals surface area (Å²) in [5.74, 6) is -1.14. The summed E-state index contributed by atoms with van der Waals surface area (Å²) in [4.78, 5) is 33.5. The van der Waals surface area contributed by atoms with Crippen molar-refractivity contribution in [1.82, 2.24) is 0 Å². The monoisotopic (exact) mass is 458 g/mol. The quantitative estimate of drug-likeness (QED) is 0.176. The Morgan fingerprint density at radius 3 is 1.56 bits per heavy atom. The van der Waals surface area contributed by atoms with Crippen LogP contribution in [0.4, 0.5) is 0 Å². The molecule has 0 fully saturated rings. The van der Waals surface area contributed by atoms with Gasteiger partial charge in [0, 0.05) is 16.6 Å². The molecular formula is C24H42O8. The molecule has 0 saturated heterocycles. The second-order valence-corrected chi connectivity index (χ2v) is 9.19. The molecule has 0 aliphatic carbocycles. The predicted molar refractivity (Wildman–Crippen MR) is 123 cm³/mol. The molecule has 8 heteroatoms. The van der Waals surface area contributed by atoms with Gasteiger partial charge in [0.2, 0.25) is 0 Å². The average Bonchev–Trinajstić information content (AvgIpc) is 2.73. The summed E-state index contributed by atoms with van der Waals surface area (Å²) >= 11 is 0. The van der Waals surface area contributed by atoms with E-state index in [4.69, 9.17) is 24.4 Å². The first-order chi connectivity index (χ1) is 14.7. The van der Waals surface area contributed by atoms with Gasteiger partial charge in [-0.25, -0.2) is 9.59 Å². The van der Waals surface area contributed by atoms with Crippen LogP contribution >= 0.6 is 0 Å². The van der Waals surface area contributed by atoms with Crippen LogP contribution in [0.15, 0.2) is 24.3 Å². The van der Waals surface area contributed by atoms with Crippen LogP contribution < -0.4 is 0 Å². The summed E-state index contributed by atoms with van der Waals surface area (Å²) in [6.07, 6.45) is 3.36. The van der Waals surface area contributed by atoms with Gasteiger partial charge in [0.25, 0.3) is 0 Å². The maximum Gasteiger partial charge on any atom is 0.333 e. The molecule has 0 saturated carbocycles. The highest BCUT2D eigenvalue weighted by Gasteiger charge is 2.28. The molecule has 186 valence electrons. The van der Waals surface area contributed by atoms with Gasteiger partial charge in [0.1, 0.15) is 0 Å². The second kappa shape index (κ2) is 16.4. The SMILES string of the molecule is C=C(C)C(=O)OCC(C)(C)CO.C=C(C)C(=O)OCCCCCCOC(=O)C(C)(C)CO. The molecule has 0 aromatic carbocycles. The molecule has 2 N–H and O–H groups in total. The fourth-order valence-corrected chi connectivity index (χ4v) is 1.70. The Morgan fingerprint density at radius 2 is 1.16 bits per heavy atom. The zero-order valence-corrected chi connectivity index (χ0v) is 20.6. The Hall–Kier alpha value is -2.19. The van der Waals surface area contributed by atoms with Crippen LogP contribution in [0.2, 0.25) is 0 Å². The van der Waals surface area contributed by atoms with E-state index in [2.05, 4.69) is 13.2 Å². The molecule has 0 bridgehead atoms. The molecule has 0 aliphatic rings. The van der Waals surface area contributed by atoms with Gasteiger partial charge in [-0.2, -0.15) is 0 Å². The molecule has 0 spiro atoms. The Labute approximate surface area is 192 Å². The molecule has 0 aromatic heterocycles. The van der Waals surface area contributed by atoms with Gasteiger partial charge in [0.05, 0.1) is 38.4 Å². The molecule has 0 aromatic rings. The van der Waals surface area contributed by atoms with E-state index in [1.807, 2.05) is 13.8 Å². The Morgan fingerprint density at radius 1 is 0.719 bits per heavy atom. The number of carbonyl (C=O) groups excluding carboxylic acids is 3. The van der Waals surface area contributed by atoms with Gasteiger partial charge < -0.3 is 24.4 Å². The molecule has 0 atom stereocenters. The molecule has 0 radical (unpaired) electrons. The summed E-state index contributed by atoms with van der Waals surface area (Å²) in [5, 5.41) is 17.8. The van der Waals surface area contributed by atoms with E-state index in [0.29, 0.717) is 24.4 Å². The zero-order valence-electron chi connectivity index (χ0n) is 20.6. The lowest BCUT2D eigenvalue weighted by Gasteiger charge is -2.20. The Bertz CT molecular complexity index is 619. The fourth-order valence-electron chi connectivity index (χ4n) is 1.70. The summed E-state index contributed by atoms with van der Waals surface area (Å²) in [6, 6.07) is 0. The highest BCUT2D eigenvalue weighted by Crippen LogP contribution is 2.16. The zero-order chi connectivity index (χ0) is 25.4. The minimum absolute atomic E-state index is 0.00350. The van der Waals surface area contributed by atoms with Crippen LogP contribution in [0.25, 0.3) is 0 Å². The van der Waals surface area contributed by atoms with Crippen LogP contribution in [0.5, 0.6) is 0 Å². The van der Waals surface area contributed by atoms with E-state index in [0.717, 1.165) is 25.7 Å². The number of unbranched alkanes of at least 4 members (excludes halogenated alkanes) is 3. The van der Waals surface area contributed by atoms with Gasteiger partial charge in [-0.05, 0) is 53.4 Å². The Balaban J connectivity index is 0. The molecular weight excluding hydrogens is 416 g/mol. The van der Waals surface area contributed by atoms with Gasteiger partial charge in [-0.1, -0.05) is 27.0 Å². The number of ether oxygens (including phenoxy) is 3. The van der Waals surface area contributed by atoms with Gasteiger partial charge in [0.15, 0.2) is 0 Å². The Kier molecular flexibility index (Phi) is 16.4. The highest BCUT2D eigenvalue weighted by molar-refractivity contribution is 5.87. The molecule has 0 heterocycles. The highest BCUT2D eigenvalue weighted by atomic mass is 16.5. The first-order valence-corrected chi connectivity index (χ1v) is 10.7. The third-order valence-corrected chi connectivity index (χ3v) is 4.17. The summed E-state index contributed by atoms with van der Waals surface area (Å²) < 4.78 is 14.9. The smallest absolute Gasteiger partial charge is 0.333 e. The van der Waals surface area contributed by atoms with Crippen LogP contribution in [0, 0.1) is 10.8 Å². The molecule has 32 heavy (non-hydrogen) atoms. The lowest BCUT2D eigenvalue weighted by molar-refractivity contribution is -0.156.